The molecule has 14 nitrogen and oxygen atoms in total. The van der Waals surface area contributed by atoms with Crippen molar-refractivity contribution in [3.05, 3.63) is 11.6 Å². The lowest BCUT2D eigenvalue weighted by molar-refractivity contribution is -0.329. The van der Waals surface area contributed by atoms with Crippen LogP contribution in [0, 0.1) is 50.7 Å². The summed E-state index contributed by atoms with van der Waals surface area (Å²) in [6, 6.07) is 0. The van der Waals surface area contributed by atoms with Crippen LogP contribution in [0.4, 0.5) is 0 Å². The quantitative estimate of drug-likeness (QED) is 0.103. The Bertz CT molecular complexity index is 1440. The van der Waals surface area contributed by atoms with Gasteiger partial charge in [0.1, 0.15) is 48.8 Å². The lowest BCUT2D eigenvalue weighted by Crippen LogP contribution is -2.63. The van der Waals surface area contributed by atoms with Gasteiger partial charge in [0.25, 0.3) is 0 Å². The van der Waals surface area contributed by atoms with Crippen molar-refractivity contribution in [3.63, 3.8) is 0 Å². The normalized spacial score (nSPS) is 54.4. The minimum Gasteiger partial charge on any atom is -0.394 e. The molecular weight excluding hydrogens is 728 g/mol. The van der Waals surface area contributed by atoms with E-state index in [1.807, 2.05) is 6.92 Å². The zero-order chi connectivity index (χ0) is 40.9. The Balaban J connectivity index is 1.00. The fourth-order valence-electron chi connectivity index (χ4n) is 14.3. The highest BCUT2D eigenvalue weighted by atomic mass is 16.7. The molecule has 56 heavy (non-hydrogen) atoms. The molecule has 5 saturated carbocycles. The number of allylic oxidation sites excluding steroid dienone is 1. The van der Waals surface area contributed by atoms with E-state index in [0.717, 1.165) is 44.1 Å². The molecule has 0 amide bonds. The molecule has 10 N–H and O–H groups in total. The third-order valence-electron chi connectivity index (χ3n) is 17.3. The molecule has 0 radical (unpaired) electrons. The van der Waals surface area contributed by atoms with Crippen LogP contribution in [0.25, 0.3) is 0 Å². The standard InChI is InChI=1S/C42H70O14/c1-20(18-53-36-33(51)31(49)29(47)24(16-43)54-36)8-7-9-21(2)28-23(46)15-40(6)26-14-22(45)35-38(3,4)27(56-37-34(52)32(50)30(48)25(17-44)55-37)10-11-42(35)19-41(26,42)13-12-39(28,40)5/h8,21-37,43-52H,7,9-19H2,1-6H3/b20-8+/t21-,22+,23+,24-,25-,26+,27+,28+,29-,30-,31+,32+,33-,34-,35+,36-,37+,39-,40+,41+,42-/m1/s1. The highest BCUT2D eigenvalue weighted by Crippen LogP contribution is 2.89. The first-order chi connectivity index (χ1) is 26.2. The topological polar surface area (TPSA) is 239 Å². The molecule has 7 aliphatic rings. The van der Waals surface area contributed by atoms with E-state index in [9.17, 15) is 51.1 Å². The molecule has 7 fully saturated rings. The Morgan fingerprint density at radius 3 is 1.98 bits per heavy atom. The van der Waals surface area contributed by atoms with Gasteiger partial charge in [0.05, 0.1) is 38.1 Å². The Labute approximate surface area is 330 Å². The largest absolute Gasteiger partial charge is 0.394 e. The van der Waals surface area contributed by atoms with Gasteiger partial charge >= 0.3 is 0 Å². The maximum Gasteiger partial charge on any atom is 0.187 e. The molecule has 2 aliphatic heterocycles. The molecule has 0 bridgehead atoms. The first kappa shape index (κ1) is 43.3. The van der Waals surface area contributed by atoms with E-state index in [4.69, 9.17) is 18.9 Å². The predicted molar refractivity (Wildman–Crippen MR) is 200 cm³/mol. The van der Waals surface area contributed by atoms with Gasteiger partial charge in [-0.1, -0.05) is 46.3 Å². The van der Waals surface area contributed by atoms with Crippen molar-refractivity contribution in [2.75, 3.05) is 19.8 Å². The summed E-state index contributed by atoms with van der Waals surface area (Å²) in [5, 5.41) is 105. The second-order valence-electron chi connectivity index (χ2n) is 20.2. The molecule has 14 heteroatoms. The Kier molecular flexibility index (Phi) is 11.8. The molecule has 7 rings (SSSR count). The molecule has 2 saturated heterocycles. The zero-order valence-corrected chi connectivity index (χ0v) is 34.0. The van der Waals surface area contributed by atoms with Crippen LogP contribution < -0.4 is 0 Å². The number of aliphatic hydroxyl groups is 10. The highest BCUT2D eigenvalue weighted by Gasteiger charge is 2.84. The minimum atomic E-state index is -1.52. The number of aliphatic hydroxyl groups excluding tert-OH is 10. The van der Waals surface area contributed by atoms with Crippen LogP contribution in [0.5, 0.6) is 0 Å². The van der Waals surface area contributed by atoms with Gasteiger partial charge in [-0.05, 0) is 115 Å². The zero-order valence-electron chi connectivity index (χ0n) is 34.0. The summed E-state index contributed by atoms with van der Waals surface area (Å²) in [5.74, 6) is 0.521. The number of hydrogen-bond donors (Lipinski definition) is 10. The van der Waals surface area contributed by atoms with Crippen LogP contribution in [0.3, 0.4) is 0 Å². The fourth-order valence-corrected chi connectivity index (χ4v) is 14.3. The number of rotatable bonds is 11. The molecule has 2 heterocycles. The van der Waals surface area contributed by atoms with Crippen LogP contribution in [0.1, 0.15) is 99.3 Å². The highest BCUT2D eigenvalue weighted by molar-refractivity contribution is 5.32. The molecule has 0 aromatic rings. The van der Waals surface area contributed by atoms with Crippen LogP contribution in [0.2, 0.25) is 0 Å². The summed E-state index contributed by atoms with van der Waals surface area (Å²) in [6.45, 7) is 12.3. The summed E-state index contributed by atoms with van der Waals surface area (Å²) in [5.41, 5.74) is 0.129. The Morgan fingerprint density at radius 1 is 0.750 bits per heavy atom. The molecule has 21 atom stereocenters. The summed E-state index contributed by atoms with van der Waals surface area (Å²) >= 11 is 0. The van der Waals surface area contributed by atoms with E-state index in [0.29, 0.717) is 19.3 Å². The Morgan fingerprint density at radius 2 is 1.36 bits per heavy atom. The van der Waals surface area contributed by atoms with Gasteiger partial charge in [-0.3, -0.25) is 0 Å². The van der Waals surface area contributed by atoms with Gasteiger partial charge in [0.2, 0.25) is 0 Å². The van der Waals surface area contributed by atoms with Gasteiger partial charge in [-0.15, -0.1) is 0 Å². The van der Waals surface area contributed by atoms with E-state index in [1.165, 1.54) is 0 Å². The summed E-state index contributed by atoms with van der Waals surface area (Å²) in [6.07, 6.45) is -5.04. The van der Waals surface area contributed by atoms with Crippen molar-refractivity contribution < 1.29 is 70.0 Å². The van der Waals surface area contributed by atoms with E-state index in [-0.39, 0.29) is 58.0 Å². The fraction of sp³-hybridized carbons (Fsp3) is 0.952. The summed E-state index contributed by atoms with van der Waals surface area (Å²) in [4.78, 5) is 0. The van der Waals surface area contributed by atoms with Crippen molar-refractivity contribution in [2.24, 2.45) is 50.7 Å². The second-order valence-corrected chi connectivity index (χ2v) is 20.2. The lowest BCUT2D eigenvalue weighted by atomic mass is 9.41. The molecule has 5 aliphatic carbocycles. The molecule has 0 aromatic heterocycles. The van der Waals surface area contributed by atoms with Crippen molar-refractivity contribution in [1.82, 2.24) is 0 Å². The first-order valence-electron chi connectivity index (χ1n) is 21.1. The van der Waals surface area contributed by atoms with Gasteiger partial charge in [0.15, 0.2) is 12.6 Å². The molecule has 0 unspecified atom stereocenters. The molecule has 2 spiro atoms. The number of ether oxygens (including phenoxy) is 4. The van der Waals surface area contributed by atoms with Gasteiger partial charge in [0, 0.05) is 0 Å². The SMILES string of the molecule is C/C(=C\CC[C@@H](C)[C@H]1[C@@H](O)C[C@@]2(C)[C@@H]3C[C@H](O)[C@H]4C(C)(C)[C@@H](O[C@@H]5O[C@H](CO)[C@@H](O)[C@H](O)[C@H]5O)CC[C@@]45C[C@@]35CC[C@]12C)CO[C@@H]1O[C@H](CO)[C@@H](O)[C@H](O)[C@H]1O. The van der Waals surface area contributed by atoms with E-state index in [2.05, 4.69) is 40.7 Å². The Hall–Kier alpha value is -0.820. The van der Waals surface area contributed by atoms with E-state index < -0.39 is 92.2 Å². The smallest absolute Gasteiger partial charge is 0.187 e. The van der Waals surface area contributed by atoms with Gasteiger partial charge in [-0.2, -0.15) is 0 Å². The number of hydrogen-bond acceptors (Lipinski definition) is 14. The average Bonchev–Trinajstić information content (AvgIpc) is 3.74. The first-order valence-corrected chi connectivity index (χ1v) is 21.1. The molecular formula is C42H70O14. The second kappa shape index (κ2) is 15.3. The molecule has 0 aromatic carbocycles. The molecule has 322 valence electrons. The maximum atomic E-state index is 12.2. The third kappa shape index (κ3) is 6.42. The van der Waals surface area contributed by atoms with Gasteiger partial charge in [-0.25, -0.2) is 0 Å². The van der Waals surface area contributed by atoms with E-state index >= 15 is 0 Å². The minimum absolute atomic E-state index is 0.0522. The van der Waals surface area contributed by atoms with E-state index in [1.54, 1.807) is 0 Å². The monoisotopic (exact) mass is 798 g/mol. The summed E-state index contributed by atoms with van der Waals surface area (Å²) in [7, 11) is 0. The lowest BCUT2D eigenvalue weighted by Gasteiger charge is -2.64. The van der Waals surface area contributed by atoms with Crippen LogP contribution in [-0.2, 0) is 18.9 Å². The maximum absolute atomic E-state index is 12.2. The van der Waals surface area contributed by atoms with Crippen LogP contribution in [-0.4, -0.2) is 151 Å². The predicted octanol–water partition coefficient (Wildman–Crippen LogP) is 0.731. The van der Waals surface area contributed by atoms with Crippen molar-refractivity contribution in [2.45, 2.75) is 179 Å². The average molecular weight is 799 g/mol. The number of fused-ring (bicyclic) bond motifs is 2. The van der Waals surface area contributed by atoms with Crippen LogP contribution >= 0.6 is 0 Å². The van der Waals surface area contributed by atoms with Crippen molar-refractivity contribution in [3.8, 4) is 0 Å². The van der Waals surface area contributed by atoms with Crippen molar-refractivity contribution >= 4 is 0 Å². The van der Waals surface area contributed by atoms with Crippen molar-refractivity contribution in [1.29, 1.82) is 0 Å². The summed E-state index contributed by atoms with van der Waals surface area (Å²) < 4.78 is 23.4. The third-order valence-corrected chi connectivity index (χ3v) is 17.3. The van der Waals surface area contributed by atoms with Gasteiger partial charge < -0.3 is 70.0 Å². The van der Waals surface area contributed by atoms with Crippen LogP contribution in [0.15, 0.2) is 11.6 Å².